The molecule has 1 unspecified atom stereocenters. The highest BCUT2D eigenvalue weighted by Crippen LogP contribution is 2.63. The predicted molar refractivity (Wildman–Crippen MR) is 130 cm³/mol. The van der Waals surface area contributed by atoms with Crippen molar-refractivity contribution >= 4 is 28.4 Å². The molecule has 1 heterocycles. The molecule has 33 heavy (non-hydrogen) atoms. The lowest BCUT2D eigenvalue weighted by Crippen LogP contribution is -2.44. The summed E-state index contributed by atoms with van der Waals surface area (Å²) in [4.78, 5) is 29.9. The molecular weight excluding hydrogens is 416 g/mol. The number of hydrogen-bond acceptors (Lipinski definition) is 4. The summed E-state index contributed by atoms with van der Waals surface area (Å²) < 4.78 is 10.8. The molecular formula is C27H30N2O4. The van der Waals surface area contributed by atoms with Crippen LogP contribution in [-0.2, 0) is 14.9 Å². The van der Waals surface area contributed by atoms with E-state index < -0.39 is 11.4 Å². The van der Waals surface area contributed by atoms with Gasteiger partial charge in [-0.3, -0.25) is 4.79 Å². The molecule has 1 aliphatic carbocycles. The number of methoxy groups -OCH3 is 2. The average Bonchev–Trinajstić information content (AvgIpc) is 3.22. The van der Waals surface area contributed by atoms with E-state index in [1.54, 1.807) is 32.2 Å². The van der Waals surface area contributed by atoms with Crippen LogP contribution in [0.4, 0.5) is 0 Å². The number of hydrogen-bond donors (Lipinski definition) is 1. The van der Waals surface area contributed by atoms with E-state index in [-0.39, 0.29) is 18.2 Å². The molecule has 1 amide bonds. The highest BCUT2D eigenvalue weighted by molar-refractivity contribution is 6.02. The first-order chi connectivity index (χ1) is 15.8. The van der Waals surface area contributed by atoms with Gasteiger partial charge < -0.3 is 19.4 Å². The first-order valence-electron chi connectivity index (χ1n) is 11.1. The number of carbonyl (C=O) groups excluding carboxylic acids is 2. The second-order valence-electron chi connectivity index (χ2n) is 8.91. The van der Waals surface area contributed by atoms with Gasteiger partial charge in [-0.2, -0.15) is 0 Å². The van der Waals surface area contributed by atoms with Gasteiger partial charge in [0.05, 0.1) is 25.2 Å². The van der Waals surface area contributed by atoms with Crippen molar-refractivity contribution in [3.05, 3.63) is 70.9 Å². The quantitative estimate of drug-likeness (QED) is 0.553. The molecule has 0 saturated heterocycles. The largest absolute Gasteiger partial charge is 0.496 e. The van der Waals surface area contributed by atoms with E-state index in [4.69, 9.17) is 9.47 Å². The number of benzene rings is 2. The van der Waals surface area contributed by atoms with E-state index in [2.05, 4.69) is 37.2 Å². The first-order valence-corrected chi connectivity index (χ1v) is 11.1. The number of rotatable bonds is 6. The minimum absolute atomic E-state index is 0.0172. The number of para-hydroxylation sites is 1. The third-order valence-electron chi connectivity index (χ3n) is 6.71. The summed E-state index contributed by atoms with van der Waals surface area (Å²) in [5, 5.41) is 1.13. The summed E-state index contributed by atoms with van der Waals surface area (Å²) in [5.41, 5.74) is 5.08. The van der Waals surface area contributed by atoms with Gasteiger partial charge in [0, 0.05) is 43.2 Å². The van der Waals surface area contributed by atoms with Gasteiger partial charge in [0.1, 0.15) is 5.75 Å². The molecule has 0 spiro atoms. The Hall–Kier alpha value is -3.54. The minimum atomic E-state index is -0.498. The van der Waals surface area contributed by atoms with Crippen LogP contribution in [0.15, 0.2) is 48.7 Å². The highest BCUT2D eigenvalue weighted by atomic mass is 16.5. The van der Waals surface area contributed by atoms with E-state index >= 15 is 0 Å². The Kier molecular flexibility index (Phi) is 5.78. The van der Waals surface area contributed by atoms with Crippen LogP contribution >= 0.6 is 0 Å². The maximum atomic E-state index is 12.5. The zero-order valence-electron chi connectivity index (χ0n) is 20.0. The summed E-state index contributed by atoms with van der Waals surface area (Å²) in [6.45, 7) is 4.36. The number of nitrogens with one attached hydrogen (secondary N) is 1. The van der Waals surface area contributed by atoms with Crippen molar-refractivity contribution < 1.29 is 19.1 Å². The van der Waals surface area contributed by atoms with Crippen LogP contribution in [0, 0.1) is 5.92 Å². The van der Waals surface area contributed by atoms with E-state index in [0.29, 0.717) is 11.3 Å². The number of allylic oxidation sites excluding steroid dienone is 1. The lowest BCUT2D eigenvalue weighted by atomic mass is 9.51. The van der Waals surface area contributed by atoms with E-state index in [1.807, 2.05) is 24.3 Å². The summed E-state index contributed by atoms with van der Waals surface area (Å²) in [5.74, 6) is 0.392. The molecule has 0 radical (unpaired) electrons. The van der Waals surface area contributed by atoms with Crippen LogP contribution in [0.3, 0.4) is 0 Å². The standard InChI is InChI=1S/C27H30N2O4/c1-16(2)27(21-15-28-22-10-8-7-9-18(21)22)20(11-12-24(30)29(3)4)19-13-17(26(31)33-6)14-23(32-5)25(19)27/h7-11,13-16,28H,12H2,1-6H3/b20-11+. The van der Waals surface area contributed by atoms with E-state index in [1.165, 1.54) is 7.11 Å². The second-order valence-corrected chi connectivity index (χ2v) is 8.91. The molecule has 0 bridgehead atoms. The Balaban J connectivity index is 2.04. The van der Waals surface area contributed by atoms with Crippen molar-refractivity contribution in [1.82, 2.24) is 9.88 Å². The summed E-state index contributed by atoms with van der Waals surface area (Å²) in [6, 6.07) is 11.8. The molecule has 172 valence electrons. The van der Waals surface area contributed by atoms with Gasteiger partial charge in [-0.1, -0.05) is 38.1 Å². The number of aromatic nitrogens is 1. The number of fused-ring (bicyclic) bond motifs is 2. The molecule has 4 rings (SSSR count). The lowest BCUT2D eigenvalue weighted by Gasteiger charge is -2.51. The maximum absolute atomic E-state index is 12.5. The smallest absolute Gasteiger partial charge is 0.338 e. The van der Waals surface area contributed by atoms with E-state index in [0.717, 1.165) is 33.2 Å². The lowest BCUT2D eigenvalue weighted by molar-refractivity contribution is -0.127. The number of amides is 1. The molecule has 1 aromatic heterocycles. The Morgan fingerprint density at radius 3 is 2.52 bits per heavy atom. The monoisotopic (exact) mass is 446 g/mol. The van der Waals surface area contributed by atoms with Gasteiger partial charge in [-0.15, -0.1) is 0 Å². The molecule has 3 aromatic rings. The van der Waals surface area contributed by atoms with Crippen LogP contribution < -0.4 is 4.74 Å². The number of H-pyrrole nitrogens is 1. The Labute approximate surface area is 194 Å². The van der Waals surface area contributed by atoms with Crippen LogP contribution in [0.5, 0.6) is 5.75 Å². The van der Waals surface area contributed by atoms with Gasteiger partial charge in [0.15, 0.2) is 0 Å². The fourth-order valence-electron chi connectivity index (χ4n) is 5.15. The van der Waals surface area contributed by atoms with E-state index in [9.17, 15) is 9.59 Å². The zero-order chi connectivity index (χ0) is 23.9. The summed E-state index contributed by atoms with van der Waals surface area (Å²) in [7, 11) is 6.49. The van der Waals surface area contributed by atoms with Crippen LogP contribution in [0.2, 0.25) is 0 Å². The van der Waals surface area contributed by atoms with Crippen molar-refractivity contribution in [3.8, 4) is 5.75 Å². The fraction of sp³-hybridized carbons (Fsp3) is 0.333. The number of nitrogens with zero attached hydrogens (tertiary/aromatic N) is 1. The normalized spacial score (nSPS) is 18.2. The maximum Gasteiger partial charge on any atom is 0.338 e. The van der Waals surface area contributed by atoms with Crippen LogP contribution in [0.1, 0.15) is 47.3 Å². The zero-order valence-corrected chi connectivity index (χ0v) is 20.0. The molecule has 0 saturated carbocycles. The molecule has 6 heteroatoms. The Morgan fingerprint density at radius 2 is 1.88 bits per heavy atom. The molecule has 1 aliphatic rings. The third-order valence-corrected chi connectivity index (χ3v) is 6.71. The minimum Gasteiger partial charge on any atom is -0.496 e. The topological polar surface area (TPSA) is 71.6 Å². The second kappa shape index (κ2) is 8.43. The molecule has 2 aromatic carbocycles. The SMILES string of the molecule is COC(=O)c1cc(OC)c2c(c1)/C(=C\CC(=O)N(C)C)C2(c1c[nH]c2ccccc12)C(C)C. The Bertz CT molecular complexity index is 1270. The van der Waals surface area contributed by atoms with Crippen molar-refractivity contribution in [3.63, 3.8) is 0 Å². The van der Waals surface area contributed by atoms with Gasteiger partial charge in [-0.05, 0) is 40.8 Å². The molecule has 0 fully saturated rings. The molecule has 0 aliphatic heterocycles. The number of esters is 1. The van der Waals surface area contributed by atoms with Gasteiger partial charge in [0.2, 0.25) is 5.91 Å². The van der Waals surface area contributed by atoms with Crippen molar-refractivity contribution in [2.45, 2.75) is 25.7 Å². The van der Waals surface area contributed by atoms with Crippen LogP contribution in [0.25, 0.3) is 16.5 Å². The fourth-order valence-corrected chi connectivity index (χ4v) is 5.15. The summed E-state index contributed by atoms with van der Waals surface area (Å²) in [6.07, 6.45) is 4.33. The van der Waals surface area contributed by atoms with Crippen LogP contribution in [-0.4, -0.2) is 50.1 Å². The number of ether oxygens (including phenoxy) is 2. The molecule has 6 nitrogen and oxygen atoms in total. The first kappa shape index (κ1) is 22.6. The number of carbonyl (C=O) groups is 2. The van der Waals surface area contributed by atoms with Gasteiger partial charge in [0.25, 0.3) is 0 Å². The number of aromatic amines is 1. The molecule has 1 atom stereocenters. The van der Waals surface area contributed by atoms with Gasteiger partial charge in [-0.25, -0.2) is 4.79 Å². The van der Waals surface area contributed by atoms with Crippen molar-refractivity contribution in [2.75, 3.05) is 28.3 Å². The Morgan fingerprint density at radius 1 is 1.15 bits per heavy atom. The third kappa shape index (κ3) is 3.32. The highest BCUT2D eigenvalue weighted by Gasteiger charge is 2.54. The van der Waals surface area contributed by atoms with Crippen molar-refractivity contribution in [1.29, 1.82) is 0 Å². The van der Waals surface area contributed by atoms with Crippen molar-refractivity contribution in [2.24, 2.45) is 5.92 Å². The molecule has 1 N–H and O–H groups in total. The summed E-state index contributed by atoms with van der Waals surface area (Å²) >= 11 is 0. The van der Waals surface area contributed by atoms with Gasteiger partial charge >= 0.3 is 5.97 Å². The predicted octanol–water partition coefficient (Wildman–Crippen LogP) is 4.78. The average molecular weight is 447 g/mol.